The summed E-state index contributed by atoms with van der Waals surface area (Å²) < 4.78 is 20.4. The molecule has 0 amide bonds. The molecule has 2 heterocycles. The molecule has 0 saturated heterocycles. The summed E-state index contributed by atoms with van der Waals surface area (Å²) in [5, 5.41) is 4.35. The molecule has 0 N–H and O–H groups in total. The van der Waals surface area contributed by atoms with Crippen LogP contribution in [0.5, 0.6) is 0 Å². The van der Waals surface area contributed by atoms with E-state index in [9.17, 15) is 4.39 Å². The maximum Gasteiger partial charge on any atom is 0.154 e. The van der Waals surface area contributed by atoms with E-state index in [1.54, 1.807) is 23.1 Å². The van der Waals surface area contributed by atoms with Gasteiger partial charge in [-0.3, -0.25) is 4.68 Å². The van der Waals surface area contributed by atoms with E-state index in [0.717, 1.165) is 5.69 Å². The van der Waals surface area contributed by atoms with Crippen LogP contribution in [0, 0.1) is 5.82 Å². The summed E-state index contributed by atoms with van der Waals surface area (Å²) >= 11 is 0. The molecule has 1 aromatic carbocycles. The summed E-state index contributed by atoms with van der Waals surface area (Å²) in [6, 6.07) is 12.2. The van der Waals surface area contributed by atoms with Crippen molar-refractivity contribution in [2.24, 2.45) is 0 Å². The second-order valence-corrected chi connectivity index (χ2v) is 3.97. The molecule has 0 aliphatic rings. The minimum atomic E-state index is -0.215. The van der Waals surface area contributed by atoms with Crippen molar-refractivity contribution in [1.29, 1.82) is 0 Å². The van der Waals surface area contributed by atoms with Gasteiger partial charge in [-0.05, 0) is 24.3 Å². The highest BCUT2D eigenvalue weighted by Crippen LogP contribution is 2.17. The lowest BCUT2D eigenvalue weighted by atomic mass is 10.2. The van der Waals surface area contributed by atoms with Crippen molar-refractivity contribution in [2.45, 2.75) is 6.54 Å². The predicted octanol–water partition coefficient (Wildman–Crippen LogP) is 3.33. The first-order chi connectivity index (χ1) is 8.83. The molecule has 0 aliphatic heterocycles. The van der Waals surface area contributed by atoms with Crippen LogP contribution >= 0.6 is 0 Å². The highest BCUT2D eigenvalue weighted by Gasteiger charge is 2.06. The number of furan rings is 1. The molecule has 90 valence electrons. The first-order valence-corrected chi connectivity index (χ1v) is 5.64. The summed E-state index contributed by atoms with van der Waals surface area (Å²) in [7, 11) is 0. The molecule has 3 nitrogen and oxygen atoms in total. The fourth-order valence-corrected chi connectivity index (χ4v) is 1.81. The van der Waals surface area contributed by atoms with Gasteiger partial charge in [-0.15, -0.1) is 0 Å². The average Bonchev–Trinajstić information content (AvgIpc) is 3.02. The fourth-order valence-electron chi connectivity index (χ4n) is 1.81. The van der Waals surface area contributed by atoms with Crippen LogP contribution in [0.15, 0.2) is 59.3 Å². The summed E-state index contributed by atoms with van der Waals surface area (Å²) in [6.07, 6.45) is 3.41. The van der Waals surface area contributed by atoms with Crippen molar-refractivity contribution in [2.75, 3.05) is 0 Å². The van der Waals surface area contributed by atoms with E-state index in [0.29, 0.717) is 17.9 Å². The van der Waals surface area contributed by atoms with E-state index in [1.165, 1.54) is 6.07 Å². The molecule has 2 aromatic heterocycles. The highest BCUT2D eigenvalue weighted by atomic mass is 19.1. The minimum Gasteiger partial charge on any atom is -0.463 e. The Kier molecular flexibility index (Phi) is 2.68. The Bertz CT molecular complexity index is 643. The molecule has 3 aromatic rings. The molecule has 0 atom stereocenters. The Morgan fingerprint density at radius 1 is 1.11 bits per heavy atom. The number of nitrogens with zero attached hydrogens (tertiary/aromatic N) is 2. The van der Waals surface area contributed by atoms with Crippen molar-refractivity contribution in [1.82, 2.24) is 9.78 Å². The molecule has 0 spiro atoms. The van der Waals surface area contributed by atoms with Gasteiger partial charge in [-0.1, -0.05) is 18.2 Å². The minimum absolute atomic E-state index is 0.215. The zero-order chi connectivity index (χ0) is 12.4. The van der Waals surface area contributed by atoms with Crippen molar-refractivity contribution >= 4 is 0 Å². The van der Waals surface area contributed by atoms with Crippen LogP contribution in [0.1, 0.15) is 5.56 Å². The molecule has 0 bridgehead atoms. The Hall–Kier alpha value is -2.36. The van der Waals surface area contributed by atoms with Crippen LogP contribution in [0.3, 0.4) is 0 Å². The largest absolute Gasteiger partial charge is 0.463 e. The SMILES string of the molecule is Fc1ccccc1Cn1ccc(-c2ccco2)n1. The zero-order valence-corrected chi connectivity index (χ0v) is 9.58. The van der Waals surface area contributed by atoms with Gasteiger partial charge in [-0.25, -0.2) is 4.39 Å². The van der Waals surface area contributed by atoms with Crippen molar-refractivity contribution < 1.29 is 8.81 Å². The number of aromatic nitrogens is 2. The van der Waals surface area contributed by atoms with Crippen molar-refractivity contribution in [3.05, 3.63) is 66.3 Å². The Morgan fingerprint density at radius 2 is 2.00 bits per heavy atom. The first-order valence-electron chi connectivity index (χ1n) is 5.64. The molecule has 4 heteroatoms. The van der Waals surface area contributed by atoms with Gasteiger partial charge in [0.05, 0.1) is 12.8 Å². The van der Waals surface area contributed by atoms with Gasteiger partial charge in [0.25, 0.3) is 0 Å². The molecule has 0 aliphatic carbocycles. The lowest BCUT2D eigenvalue weighted by Crippen LogP contribution is -2.02. The Morgan fingerprint density at radius 3 is 2.78 bits per heavy atom. The van der Waals surface area contributed by atoms with Crippen LogP contribution in [0.2, 0.25) is 0 Å². The summed E-state index contributed by atoms with van der Waals surface area (Å²) in [5.74, 6) is 0.495. The summed E-state index contributed by atoms with van der Waals surface area (Å²) in [6.45, 7) is 0.410. The standard InChI is InChI=1S/C14H11FN2O/c15-12-5-2-1-4-11(12)10-17-8-7-13(16-17)14-6-3-9-18-14/h1-9H,10H2. The lowest BCUT2D eigenvalue weighted by Gasteiger charge is -2.02. The van der Waals surface area contributed by atoms with Gasteiger partial charge in [0.2, 0.25) is 0 Å². The quantitative estimate of drug-likeness (QED) is 0.705. The number of hydrogen-bond acceptors (Lipinski definition) is 2. The number of benzene rings is 1. The maximum atomic E-state index is 13.5. The maximum absolute atomic E-state index is 13.5. The van der Waals surface area contributed by atoms with Gasteiger partial charge < -0.3 is 4.42 Å². The van der Waals surface area contributed by atoms with Gasteiger partial charge in [-0.2, -0.15) is 5.10 Å². The van der Waals surface area contributed by atoms with Crippen LogP contribution in [0.4, 0.5) is 4.39 Å². The second-order valence-electron chi connectivity index (χ2n) is 3.97. The molecule has 0 saturated carbocycles. The van der Waals surface area contributed by atoms with E-state index in [-0.39, 0.29) is 5.82 Å². The molecule has 0 radical (unpaired) electrons. The zero-order valence-electron chi connectivity index (χ0n) is 9.58. The van der Waals surface area contributed by atoms with Crippen LogP contribution in [0.25, 0.3) is 11.5 Å². The molecular weight excluding hydrogens is 231 g/mol. The Labute approximate surface area is 103 Å². The Balaban J connectivity index is 1.85. The fraction of sp³-hybridized carbons (Fsp3) is 0.0714. The highest BCUT2D eigenvalue weighted by molar-refractivity contribution is 5.50. The van der Waals surface area contributed by atoms with Gasteiger partial charge >= 0.3 is 0 Å². The van der Waals surface area contributed by atoms with Crippen molar-refractivity contribution in [3.8, 4) is 11.5 Å². The second kappa shape index (κ2) is 4.49. The van der Waals surface area contributed by atoms with E-state index < -0.39 is 0 Å². The van der Waals surface area contributed by atoms with E-state index in [4.69, 9.17) is 4.42 Å². The monoisotopic (exact) mass is 242 g/mol. The molecule has 0 fully saturated rings. The van der Waals surface area contributed by atoms with E-state index in [1.807, 2.05) is 30.5 Å². The van der Waals surface area contributed by atoms with Crippen LogP contribution in [-0.4, -0.2) is 9.78 Å². The molecule has 18 heavy (non-hydrogen) atoms. The first kappa shape index (κ1) is 10.8. The lowest BCUT2D eigenvalue weighted by molar-refractivity contribution is 0.571. The number of halogens is 1. The third kappa shape index (κ3) is 2.05. The average molecular weight is 242 g/mol. The van der Waals surface area contributed by atoms with Gasteiger partial charge in [0, 0.05) is 11.8 Å². The third-order valence-corrected chi connectivity index (χ3v) is 2.70. The number of hydrogen-bond donors (Lipinski definition) is 0. The van der Waals surface area contributed by atoms with Crippen LogP contribution in [-0.2, 0) is 6.54 Å². The van der Waals surface area contributed by atoms with Crippen molar-refractivity contribution in [3.63, 3.8) is 0 Å². The topological polar surface area (TPSA) is 31.0 Å². The van der Waals surface area contributed by atoms with Gasteiger partial charge in [0.15, 0.2) is 5.76 Å². The number of rotatable bonds is 3. The normalized spacial score (nSPS) is 10.7. The third-order valence-electron chi connectivity index (χ3n) is 2.70. The van der Waals surface area contributed by atoms with E-state index in [2.05, 4.69) is 5.10 Å². The summed E-state index contributed by atoms with van der Waals surface area (Å²) in [5.41, 5.74) is 1.36. The van der Waals surface area contributed by atoms with Crippen LogP contribution < -0.4 is 0 Å². The molecule has 3 rings (SSSR count). The predicted molar refractivity (Wildman–Crippen MR) is 65.4 cm³/mol. The molecular formula is C14H11FN2O. The summed E-state index contributed by atoms with van der Waals surface area (Å²) in [4.78, 5) is 0. The van der Waals surface area contributed by atoms with E-state index >= 15 is 0 Å². The molecule has 0 unspecified atom stereocenters. The van der Waals surface area contributed by atoms with Gasteiger partial charge in [0.1, 0.15) is 11.5 Å². The smallest absolute Gasteiger partial charge is 0.154 e.